The smallest absolute Gasteiger partial charge is 0.336 e. The van der Waals surface area contributed by atoms with Crippen LogP contribution < -0.4 is 14.8 Å². The molecule has 3 aromatic rings. The summed E-state index contributed by atoms with van der Waals surface area (Å²) >= 11 is 0. The third-order valence-corrected chi connectivity index (χ3v) is 7.88. The molecule has 1 atom stereocenters. The minimum Gasteiger partial charge on any atom is -0.493 e. The van der Waals surface area contributed by atoms with E-state index >= 15 is 0 Å². The molecule has 40 heavy (non-hydrogen) atoms. The van der Waals surface area contributed by atoms with Gasteiger partial charge in [-0.25, -0.2) is 4.79 Å². The number of aryl methyl sites for hydroxylation is 1. The molecule has 1 saturated carbocycles. The Morgan fingerprint density at radius 1 is 1.12 bits per heavy atom. The van der Waals surface area contributed by atoms with Crippen molar-refractivity contribution in [2.45, 2.75) is 50.9 Å². The van der Waals surface area contributed by atoms with Crippen LogP contribution in [0.3, 0.4) is 0 Å². The first-order valence-corrected chi connectivity index (χ1v) is 13.5. The number of allylic oxidation sites excluding steroid dienone is 1. The topological polar surface area (TPSA) is 118 Å². The lowest BCUT2D eigenvalue weighted by molar-refractivity contribution is -0.385. The van der Waals surface area contributed by atoms with Crippen molar-refractivity contribution in [2.75, 3.05) is 26.1 Å². The predicted molar refractivity (Wildman–Crippen MR) is 150 cm³/mol. The zero-order valence-corrected chi connectivity index (χ0v) is 23.2. The van der Waals surface area contributed by atoms with Gasteiger partial charge in [-0.2, -0.15) is 5.10 Å². The number of hydrogen-bond donors (Lipinski definition) is 1. The minimum atomic E-state index is -0.685. The van der Waals surface area contributed by atoms with Gasteiger partial charge in [0.2, 0.25) is 0 Å². The quantitative estimate of drug-likeness (QED) is 0.209. The van der Waals surface area contributed by atoms with Gasteiger partial charge in [0.1, 0.15) is 5.82 Å². The molecular weight excluding hydrogens is 512 g/mol. The van der Waals surface area contributed by atoms with Gasteiger partial charge in [-0.05, 0) is 37.5 Å². The number of aromatic nitrogens is 2. The van der Waals surface area contributed by atoms with Crippen LogP contribution in [-0.2, 0) is 23.0 Å². The van der Waals surface area contributed by atoms with Crippen molar-refractivity contribution >= 4 is 17.5 Å². The van der Waals surface area contributed by atoms with Crippen molar-refractivity contribution in [3.8, 4) is 11.5 Å². The van der Waals surface area contributed by atoms with Crippen LogP contribution >= 0.6 is 0 Å². The molecule has 0 bridgehead atoms. The monoisotopic (exact) mass is 546 g/mol. The number of methoxy groups -OCH3 is 2. The maximum Gasteiger partial charge on any atom is 0.336 e. The summed E-state index contributed by atoms with van der Waals surface area (Å²) in [6.07, 6.45) is 4.69. The van der Waals surface area contributed by atoms with Gasteiger partial charge in [-0.15, -0.1) is 0 Å². The maximum atomic E-state index is 13.8. The molecule has 2 aliphatic rings. The van der Waals surface area contributed by atoms with E-state index in [2.05, 4.69) is 5.32 Å². The molecule has 0 saturated heterocycles. The van der Waals surface area contributed by atoms with Gasteiger partial charge >= 0.3 is 5.97 Å². The molecule has 1 fully saturated rings. The zero-order valence-electron chi connectivity index (χ0n) is 23.2. The molecule has 2 heterocycles. The second-order valence-corrected chi connectivity index (χ2v) is 10.2. The Kier molecular flexibility index (Phi) is 7.77. The minimum absolute atomic E-state index is 0.0370. The van der Waals surface area contributed by atoms with E-state index in [1.165, 1.54) is 6.07 Å². The average Bonchev–Trinajstić information content (AvgIpc) is 3.60. The number of hydrogen-bond acceptors (Lipinski definition) is 8. The van der Waals surface area contributed by atoms with Gasteiger partial charge in [0.25, 0.3) is 5.69 Å². The summed E-state index contributed by atoms with van der Waals surface area (Å²) in [5.74, 6) is 1.01. The van der Waals surface area contributed by atoms with Gasteiger partial charge in [-0.3, -0.25) is 14.8 Å². The maximum absolute atomic E-state index is 13.8. The number of nitro groups is 1. The lowest BCUT2D eigenvalue weighted by atomic mass is 9.79. The van der Waals surface area contributed by atoms with E-state index in [1.54, 1.807) is 44.0 Å². The van der Waals surface area contributed by atoms with Crippen LogP contribution in [0.4, 0.5) is 11.5 Å². The number of nitro benzene ring substituents is 1. The van der Waals surface area contributed by atoms with Crippen molar-refractivity contribution in [2.24, 2.45) is 7.05 Å². The lowest BCUT2D eigenvalue weighted by Gasteiger charge is -2.29. The third-order valence-electron chi connectivity index (χ3n) is 7.88. The first-order chi connectivity index (χ1) is 19.3. The molecule has 0 amide bonds. The van der Waals surface area contributed by atoms with Gasteiger partial charge in [0.05, 0.1) is 42.9 Å². The summed E-state index contributed by atoms with van der Waals surface area (Å²) in [6, 6.07) is 12.2. The number of carbonyl (C=O) groups is 1. The summed E-state index contributed by atoms with van der Waals surface area (Å²) in [6.45, 7) is 1.93. The summed E-state index contributed by atoms with van der Waals surface area (Å²) in [7, 11) is 5.01. The van der Waals surface area contributed by atoms with E-state index in [0.29, 0.717) is 34.8 Å². The van der Waals surface area contributed by atoms with Crippen molar-refractivity contribution in [3.05, 3.63) is 86.2 Å². The number of nitrogens with one attached hydrogen (secondary N) is 1. The van der Waals surface area contributed by atoms with E-state index in [1.807, 2.05) is 25.2 Å². The Bertz CT molecular complexity index is 1470. The summed E-state index contributed by atoms with van der Waals surface area (Å²) in [4.78, 5) is 25.5. The van der Waals surface area contributed by atoms with E-state index in [4.69, 9.17) is 19.3 Å². The van der Waals surface area contributed by atoms with E-state index in [9.17, 15) is 14.9 Å². The molecule has 1 N–H and O–H groups in total. The van der Waals surface area contributed by atoms with E-state index in [0.717, 1.165) is 48.3 Å². The van der Waals surface area contributed by atoms with Crippen LogP contribution in [0, 0.1) is 10.1 Å². The highest BCUT2D eigenvalue weighted by Gasteiger charge is 2.42. The first-order valence-electron chi connectivity index (χ1n) is 13.5. The number of benzene rings is 2. The SMILES string of the molecule is COc1ccc(CCOC(=O)C2=C(C)Nc3c(c(C4CCCC4)nn3C)C2c2ccccc2[N+](=O)[O-])cc1OC. The van der Waals surface area contributed by atoms with Gasteiger partial charge in [-0.1, -0.05) is 37.1 Å². The fourth-order valence-corrected chi connectivity index (χ4v) is 5.96. The fourth-order valence-electron chi connectivity index (χ4n) is 5.96. The average molecular weight is 547 g/mol. The highest BCUT2D eigenvalue weighted by Crippen LogP contribution is 2.49. The molecule has 1 aliphatic heterocycles. The molecule has 1 aliphatic carbocycles. The Labute approximate surface area is 233 Å². The number of fused-ring (bicyclic) bond motifs is 1. The molecule has 1 aromatic heterocycles. The van der Waals surface area contributed by atoms with Crippen LogP contribution in [-0.4, -0.2) is 41.5 Å². The van der Waals surface area contributed by atoms with E-state index in [-0.39, 0.29) is 18.2 Å². The van der Waals surface area contributed by atoms with Crippen molar-refractivity contribution in [1.29, 1.82) is 0 Å². The van der Waals surface area contributed by atoms with Crippen molar-refractivity contribution < 1.29 is 23.9 Å². The Hall–Kier alpha value is -4.34. The van der Waals surface area contributed by atoms with Crippen LogP contribution in [0.1, 0.15) is 66.8 Å². The van der Waals surface area contributed by atoms with E-state index < -0.39 is 16.8 Å². The largest absolute Gasteiger partial charge is 0.493 e. The molecule has 10 heteroatoms. The number of para-hydroxylation sites is 1. The molecule has 1 unspecified atom stereocenters. The number of esters is 1. The molecule has 10 nitrogen and oxygen atoms in total. The second kappa shape index (κ2) is 11.4. The molecule has 5 rings (SSSR count). The summed E-state index contributed by atoms with van der Waals surface area (Å²) in [5.41, 5.74) is 4.01. The molecule has 0 spiro atoms. The van der Waals surface area contributed by atoms with Crippen LogP contribution in [0.25, 0.3) is 0 Å². The second-order valence-electron chi connectivity index (χ2n) is 10.2. The summed E-state index contributed by atoms with van der Waals surface area (Å²) < 4.78 is 18.3. The molecule has 210 valence electrons. The van der Waals surface area contributed by atoms with Crippen LogP contribution in [0.5, 0.6) is 11.5 Å². The highest BCUT2D eigenvalue weighted by atomic mass is 16.6. The fraction of sp³-hybridized carbons (Fsp3) is 0.400. The predicted octanol–water partition coefficient (Wildman–Crippen LogP) is 5.62. The van der Waals surface area contributed by atoms with Crippen molar-refractivity contribution in [1.82, 2.24) is 9.78 Å². The Morgan fingerprint density at radius 3 is 2.55 bits per heavy atom. The van der Waals surface area contributed by atoms with Gasteiger partial charge < -0.3 is 19.5 Å². The zero-order chi connectivity index (χ0) is 28.4. The lowest BCUT2D eigenvalue weighted by Crippen LogP contribution is -2.26. The highest BCUT2D eigenvalue weighted by molar-refractivity contribution is 5.95. The Balaban J connectivity index is 1.50. The van der Waals surface area contributed by atoms with Crippen molar-refractivity contribution in [3.63, 3.8) is 0 Å². The number of ether oxygens (including phenoxy) is 3. The first kappa shape index (κ1) is 27.2. The summed E-state index contributed by atoms with van der Waals surface area (Å²) in [5, 5.41) is 20.4. The third kappa shape index (κ3) is 5.01. The molecular formula is C30H34N4O6. The normalized spacial score (nSPS) is 16.9. The Morgan fingerprint density at radius 2 is 1.85 bits per heavy atom. The van der Waals surface area contributed by atoms with Gasteiger partial charge in [0, 0.05) is 42.3 Å². The standard InChI is InChI=1S/C30H34N4O6/c1-18-25(30(35)40-16-15-19-13-14-23(38-3)24(17-19)39-4)26(21-11-7-8-12-22(21)34(36)37)27-28(20-9-5-6-10-20)32-33(2)29(27)31-18/h7-8,11-14,17,20,26,31H,5-6,9-10,15-16H2,1-4H3. The molecule has 0 radical (unpaired) electrons. The van der Waals surface area contributed by atoms with Gasteiger partial charge in [0.15, 0.2) is 11.5 Å². The van der Waals surface area contributed by atoms with Crippen LogP contribution in [0.2, 0.25) is 0 Å². The number of nitrogens with zero attached hydrogens (tertiary/aromatic N) is 3. The molecule has 2 aromatic carbocycles. The van der Waals surface area contributed by atoms with Crippen LogP contribution in [0.15, 0.2) is 53.7 Å². The number of rotatable bonds is 9. The number of anilines is 1. The number of carbonyl (C=O) groups excluding carboxylic acids is 1.